The fourth-order valence-corrected chi connectivity index (χ4v) is 3.19. The molecule has 0 heterocycles. The van der Waals surface area contributed by atoms with Crippen molar-refractivity contribution in [3.05, 3.63) is 64.2 Å². The molecule has 0 aliphatic heterocycles. The van der Waals surface area contributed by atoms with Crippen molar-refractivity contribution in [2.24, 2.45) is 0 Å². The molecule has 0 atom stereocenters. The summed E-state index contributed by atoms with van der Waals surface area (Å²) >= 11 is 0. The van der Waals surface area contributed by atoms with Crippen molar-refractivity contribution in [2.45, 2.75) is 31.3 Å². The number of carbonyl (C=O) groups is 1. The van der Waals surface area contributed by atoms with Crippen LogP contribution in [-0.2, 0) is 15.6 Å². The lowest BCUT2D eigenvalue weighted by Crippen LogP contribution is -2.29. The molecule has 0 bridgehead atoms. The van der Waals surface area contributed by atoms with E-state index in [1.54, 1.807) is 45.0 Å². The van der Waals surface area contributed by atoms with Crippen molar-refractivity contribution in [3.63, 3.8) is 0 Å². The number of carbonyl (C=O) groups excluding carboxylic acids is 1. The van der Waals surface area contributed by atoms with E-state index in [2.05, 4.69) is 10.6 Å². The highest BCUT2D eigenvalue weighted by molar-refractivity contribution is 7.91. The molecule has 9 heteroatoms. The first-order chi connectivity index (χ1) is 12.5. The second-order valence-corrected chi connectivity index (χ2v) is 9.70. The highest BCUT2D eigenvalue weighted by Gasteiger charge is 2.29. The summed E-state index contributed by atoms with van der Waals surface area (Å²) in [6.07, 6.45) is 0. The summed E-state index contributed by atoms with van der Waals surface area (Å²) in [5.41, 5.74) is 1.33. The van der Waals surface area contributed by atoms with Crippen molar-refractivity contribution in [3.8, 4) is 0 Å². The van der Waals surface area contributed by atoms with Crippen LogP contribution >= 0.6 is 0 Å². The molecule has 2 N–H and O–H groups in total. The second kappa shape index (κ2) is 7.75. The molecule has 0 radical (unpaired) electrons. The first-order valence-corrected chi connectivity index (χ1v) is 9.77. The van der Waals surface area contributed by atoms with E-state index in [1.807, 2.05) is 0 Å². The van der Waals surface area contributed by atoms with Gasteiger partial charge in [0.05, 0.1) is 15.4 Å². The Hall–Kier alpha value is -2.94. The van der Waals surface area contributed by atoms with Crippen molar-refractivity contribution in [2.75, 3.05) is 10.6 Å². The highest BCUT2D eigenvalue weighted by atomic mass is 32.2. The minimum atomic E-state index is -3.34. The van der Waals surface area contributed by atoms with Crippen LogP contribution in [0.5, 0.6) is 0 Å². The lowest BCUT2D eigenvalue weighted by Gasteiger charge is -2.19. The Balaban J connectivity index is 2.05. The number of benzene rings is 2. The molecule has 0 aromatic heterocycles. The molecular weight excluding hydrogens is 370 g/mol. The summed E-state index contributed by atoms with van der Waals surface area (Å²) in [5, 5.41) is 15.8. The fraction of sp³-hybridized carbons (Fsp3) is 0.278. The van der Waals surface area contributed by atoms with Gasteiger partial charge in [-0.1, -0.05) is 12.1 Å². The number of anilines is 2. The predicted molar refractivity (Wildman–Crippen MR) is 105 cm³/mol. The molecule has 8 nitrogen and oxygen atoms in total. The van der Waals surface area contributed by atoms with Gasteiger partial charge in [0.25, 0.3) is 5.69 Å². The number of rotatable bonds is 5. The molecule has 144 valence electrons. The van der Waals surface area contributed by atoms with Gasteiger partial charge in [-0.2, -0.15) is 0 Å². The van der Waals surface area contributed by atoms with Gasteiger partial charge in [-0.15, -0.1) is 0 Å². The largest absolute Gasteiger partial charge is 0.323 e. The third-order valence-electron chi connectivity index (χ3n) is 3.81. The normalized spacial score (nSPS) is 11.7. The van der Waals surface area contributed by atoms with E-state index in [0.29, 0.717) is 16.9 Å². The Labute approximate surface area is 157 Å². The van der Waals surface area contributed by atoms with E-state index in [1.165, 1.54) is 24.3 Å². The number of nitro benzene ring substituents is 1. The summed E-state index contributed by atoms with van der Waals surface area (Å²) in [5.74, 6) is -0.129. The molecule has 27 heavy (non-hydrogen) atoms. The molecule has 2 amide bonds. The molecule has 0 saturated heterocycles. The van der Waals surface area contributed by atoms with Crippen LogP contribution in [0.4, 0.5) is 21.9 Å². The Morgan fingerprint density at radius 3 is 2.19 bits per heavy atom. The zero-order chi connectivity index (χ0) is 20.2. The van der Waals surface area contributed by atoms with Crippen LogP contribution in [-0.4, -0.2) is 24.1 Å². The van der Waals surface area contributed by atoms with E-state index in [9.17, 15) is 23.3 Å². The quantitative estimate of drug-likeness (QED) is 0.591. The average molecular weight is 391 g/mol. The maximum absolute atomic E-state index is 12.3. The van der Waals surface area contributed by atoms with E-state index in [4.69, 9.17) is 0 Å². The van der Waals surface area contributed by atoms with Gasteiger partial charge in [-0.3, -0.25) is 10.1 Å². The lowest BCUT2D eigenvalue weighted by molar-refractivity contribution is -0.384. The van der Waals surface area contributed by atoms with Crippen LogP contribution < -0.4 is 10.6 Å². The predicted octanol–water partition coefficient (Wildman–Crippen LogP) is 3.95. The van der Waals surface area contributed by atoms with Gasteiger partial charge in [0, 0.05) is 23.5 Å². The Bertz CT molecular complexity index is 948. The smallest absolute Gasteiger partial charge is 0.308 e. The number of amides is 2. The summed E-state index contributed by atoms with van der Waals surface area (Å²) < 4.78 is 23.8. The Kier molecular flexibility index (Phi) is 5.85. The summed E-state index contributed by atoms with van der Waals surface area (Å²) in [6, 6.07) is 11.5. The van der Waals surface area contributed by atoms with Gasteiger partial charge in [-0.25, -0.2) is 13.2 Å². The molecule has 0 aliphatic carbocycles. The van der Waals surface area contributed by atoms with Gasteiger partial charge >= 0.3 is 6.03 Å². The van der Waals surface area contributed by atoms with Crippen LogP contribution in [0.2, 0.25) is 0 Å². The molecule has 0 saturated carbocycles. The molecule has 0 spiro atoms. The number of hydrogen-bond acceptors (Lipinski definition) is 5. The number of nitro groups is 1. The molecule has 0 fully saturated rings. The minimum absolute atomic E-state index is 0.0753. The van der Waals surface area contributed by atoms with Gasteiger partial charge in [0.1, 0.15) is 0 Å². The number of nitrogens with one attached hydrogen (secondary N) is 2. The highest BCUT2D eigenvalue weighted by Crippen LogP contribution is 2.22. The molecule has 2 aromatic carbocycles. The summed E-state index contributed by atoms with van der Waals surface area (Å²) in [7, 11) is -3.34. The Morgan fingerprint density at radius 1 is 1.04 bits per heavy atom. The van der Waals surface area contributed by atoms with Gasteiger partial charge in [0.2, 0.25) is 0 Å². The third-order valence-corrected chi connectivity index (χ3v) is 6.39. The minimum Gasteiger partial charge on any atom is -0.308 e. The molecule has 0 aliphatic rings. The topological polar surface area (TPSA) is 118 Å². The molecule has 2 aromatic rings. The summed E-state index contributed by atoms with van der Waals surface area (Å²) in [4.78, 5) is 22.2. The van der Waals surface area contributed by atoms with Crippen LogP contribution in [0, 0.1) is 10.1 Å². The van der Waals surface area contributed by atoms with Crippen LogP contribution in [0.25, 0.3) is 0 Å². The fourth-order valence-electron chi connectivity index (χ4n) is 2.13. The monoisotopic (exact) mass is 391 g/mol. The van der Waals surface area contributed by atoms with Crippen LogP contribution in [0.1, 0.15) is 26.3 Å². The number of hydrogen-bond donors (Lipinski definition) is 2. The van der Waals surface area contributed by atoms with E-state index in [-0.39, 0.29) is 11.4 Å². The maximum Gasteiger partial charge on any atom is 0.323 e. The van der Waals surface area contributed by atoms with Crippen LogP contribution in [0.3, 0.4) is 0 Å². The van der Waals surface area contributed by atoms with Crippen molar-refractivity contribution >= 4 is 32.9 Å². The standard InChI is InChI=1S/C18H21N3O5S/c1-18(2,3)27(25,26)12-13-5-4-6-15(11-13)20-17(22)19-14-7-9-16(10-8-14)21(23)24/h4-11H,12H2,1-3H3,(H2,19,20,22). The first-order valence-electron chi connectivity index (χ1n) is 8.12. The van der Waals surface area contributed by atoms with E-state index >= 15 is 0 Å². The molecule has 2 rings (SSSR count). The zero-order valence-electron chi connectivity index (χ0n) is 15.2. The SMILES string of the molecule is CC(C)(C)S(=O)(=O)Cc1cccc(NC(=O)Nc2ccc([N+](=O)[O-])cc2)c1. The third kappa shape index (κ3) is 5.52. The number of nitrogens with zero attached hydrogens (tertiary/aromatic N) is 1. The summed E-state index contributed by atoms with van der Waals surface area (Å²) in [6.45, 7) is 4.92. The Morgan fingerprint density at radius 2 is 1.63 bits per heavy atom. The number of urea groups is 1. The van der Waals surface area contributed by atoms with Crippen molar-refractivity contribution < 1.29 is 18.1 Å². The molecular formula is C18H21N3O5S. The first kappa shape index (κ1) is 20.4. The van der Waals surface area contributed by atoms with Crippen molar-refractivity contribution in [1.82, 2.24) is 0 Å². The van der Waals surface area contributed by atoms with E-state index < -0.39 is 25.5 Å². The average Bonchev–Trinajstić information content (AvgIpc) is 2.54. The number of non-ortho nitro benzene ring substituents is 1. The van der Waals surface area contributed by atoms with Crippen molar-refractivity contribution in [1.29, 1.82) is 0 Å². The van der Waals surface area contributed by atoms with E-state index in [0.717, 1.165) is 0 Å². The number of sulfone groups is 1. The lowest BCUT2D eigenvalue weighted by atomic mass is 10.2. The van der Waals surface area contributed by atoms with Gasteiger partial charge in [0.15, 0.2) is 9.84 Å². The second-order valence-electron chi connectivity index (χ2n) is 6.95. The molecule has 0 unspecified atom stereocenters. The zero-order valence-corrected chi connectivity index (χ0v) is 16.0. The van der Waals surface area contributed by atoms with Gasteiger partial charge < -0.3 is 10.6 Å². The maximum atomic E-state index is 12.3. The van der Waals surface area contributed by atoms with Crippen LogP contribution in [0.15, 0.2) is 48.5 Å². The van der Waals surface area contributed by atoms with Gasteiger partial charge in [-0.05, 0) is 50.6 Å².